The van der Waals surface area contributed by atoms with E-state index in [0.29, 0.717) is 106 Å². The first-order valence-corrected chi connectivity index (χ1v) is 32.0. The first-order chi connectivity index (χ1) is 40.0. The zero-order chi connectivity index (χ0) is 58.1. The van der Waals surface area contributed by atoms with Crippen molar-refractivity contribution in [1.82, 2.24) is 49.2 Å². The highest BCUT2D eigenvalue weighted by molar-refractivity contribution is 7.91. The number of fused-ring (bicyclic) bond motifs is 3. The van der Waals surface area contributed by atoms with Crippen LogP contribution < -0.4 is 16.2 Å². The Hall–Kier alpha value is -7.35. The number of sulfone groups is 1. The van der Waals surface area contributed by atoms with Gasteiger partial charge in [-0.2, -0.15) is 0 Å². The van der Waals surface area contributed by atoms with E-state index >= 15 is 0 Å². The summed E-state index contributed by atoms with van der Waals surface area (Å²) in [6.45, 7) is 12.1. The van der Waals surface area contributed by atoms with Crippen LogP contribution in [0.2, 0.25) is 0 Å². The number of urea groups is 1. The molecule has 3 aromatic heterocycles. The Bertz CT molecular complexity index is 3630. The number of likely N-dealkylation sites (tertiary alicyclic amines) is 1. The standard InChI is InChI=1S/C61H72N10O10S2/c1-3-20-69-38-49(56-47(59(69)77)35-52(82-56)58(76)62-44-18-32-83(80,81)33-19-44)43-10-11-50-46(34-43)40(2)36-70(50)37-41-16-22-65(23-17-41)54(73)14-15-55(74)66-28-30-68(31-29-66)61(79)67-26-24-64(25-27-67)21-5-4-7-42-8-6-9-45-48(42)39-71(60(45)78)51-12-13-53(72)63-57(51)75/h6,8-11,34-36,38,41,44,51H,3,5,12-33,37,39H2,1-2H3,(H,62,76)(H,63,72,75). The number of amides is 8. The van der Waals surface area contributed by atoms with Crippen LogP contribution >= 0.6 is 11.3 Å². The van der Waals surface area contributed by atoms with Gasteiger partial charge in [0.25, 0.3) is 17.4 Å². The third-order valence-corrected chi connectivity index (χ3v) is 20.5. The van der Waals surface area contributed by atoms with Crippen LogP contribution in [-0.4, -0.2) is 184 Å². The lowest BCUT2D eigenvalue weighted by molar-refractivity contribution is -0.138. The Kier molecular flexibility index (Phi) is 16.9. The second-order valence-electron chi connectivity index (χ2n) is 23.1. The average molecular weight is 1170 g/mol. The number of carbonyl (C=O) groups excluding carboxylic acids is 7. The van der Waals surface area contributed by atoms with E-state index in [9.17, 15) is 46.8 Å². The molecule has 5 fully saturated rings. The third-order valence-electron chi connectivity index (χ3n) is 17.6. The van der Waals surface area contributed by atoms with Gasteiger partial charge in [0.1, 0.15) is 15.9 Å². The van der Waals surface area contributed by atoms with Crippen LogP contribution in [0.3, 0.4) is 0 Å². The van der Waals surface area contributed by atoms with Gasteiger partial charge in [0.15, 0.2) is 0 Å². The van der Waals surface area contributed by atoms with E-state index in [1.807, 2.05) is 33.9 Å². The molecule has 5 aromatic rings. The molecule has 20 nitrogen and oxygen atoms in total. The van der Waals surface area contributed by atoms with E-state index in [1.54, 1.807) is 27.7 Å². The molecule has 8 amide bonds. The van der Waals surface area contributed by atoms with Crippen LogP contribution in [0.15, 0.2) is 59.7 Å². The number of hydrogen-bond donors (Lipinski definition) is 2. The number of aryl methyl sites for hydroxylation is 2. The van der Waals surface area contributed by atoms with Crippen LogP contribution in [-0.2, 0) is 48.6 Å². The maximum Gasteiger partial charge on any atom is 0.320 e. The van der Waals surface area contributed by atoms with Crippen molar-refractivity contribution in [3.63, 3.8) is 0 Å². The van der Waals surface area contributed by atoms with Crippen LogP contribution in [0.4, 0.5) is 4.79 Å². The molecule has 0 radical (unpaired) electrons. The van der Waals surface area contributed by atoms with E-state index in [0.717, 1.165) is 88.9 Å². The number of thiophene rings is 1. The molecule has 11 rings (SSSR count). The van der Waals surface area contributed by atoms with Gasteiger partial charge in [-0.25, -0.2) is 13.2 Å². The van der Waals surface area contributed by atoms with Crippen LogP contribution in [0.5, 0.6) is 0 Å². The number of nitrogens with zero attached hydrogens (tertiary/aromatic N) is 8. The second kappa shape index (κ2) is 24.5. The molecule has 0 spiro atoms. The maximum atomic E-state index is 13.7. The topological polar surface area (TPSA) is 224 Å². The zero-order valence-electron chi connectivity index (χ0n) is 47.3. The smallest absolute Gasteiger partial charge is 0.320 e. The highest BCUT2D eigenvalue weighted by Crippen LogP contribution is 2.37. The van der Waals surface area contributed by atoms with E-state index in [-0.39, 0.29) is 84.5 Å². The van der Waals surface area contributed by atoms with Gasteiger partial charge in [-0.1, -0.05) is 30.9 Å². The van der Waals surface area contributed by atoms with Gasteiger partial charge >= 0.3 is 6.03 Å². The molecule has 438 valence electrons. The molecule has 5 saturated heterocycles. The fraction of sp³-hybridized carbons (Fsp3) is 0.508. The highest BCUT2D eigenvalue weighted by atomic mass is 32.2. The summed E-state index contributed by atoms with van der Waals surface area (Å²) < 4.78 is 28.7. The number of carbonyl (C=O) groups is 7. The summed E-state index contributed by atoms with van der Waals surface area (Å²) >= 11 is 1.29. The van der Waals surface area contributed by atoms with Gasteiger partial charge in [0.2, 0.25) is 23.6 Å². The van der Waals surface area contributed by atoms with E-state index in [1.165, 1.54) is 16.2 Å². The minimum absolute atomic E-state index is 0.0107. The molecule has 2 N–H and O–H groups in total. The summed E-state index contributed by atoms with van der Waals surface area (Å²) in [5.74, 6) is 5.60. The molecule has 22 heteroatoms. The van der Waals surface area contributed by atoms with Crippen molar-refractivity contribution in [3.8, 4) is 23.0 Å². The Morgan fingerprint density at radius 1 is 0.747 bits per heavy atom. The summed E-state index contributed by atoms with van der Waals surface area (Å²) in [4.78, 5) is 117. The molecular formula is C61H72N10O10S2. The van der Waals surface area contributed by atoms with Gasteiger partial charge in [-0.15, -0.1) is 11.3 Å². The molecule has 1 atom stereocenters. The van der Waals surface area contributed by atoms with Crippen molar-refractivity contribution in [1.29, 1.82) is 0 Å². The van der Waals surface area contributed by atoms with Crippen molar-refractivity contribution in [2.75, 3.05) is 83.5 Å². The molecule has 2 aromatic carbocycles. The number of benzene rings is 2. The minimum atomic E-state index is -3.08. The molecule has 83 heavy (non-hydrogen) atoms. The summed E-state index contributed by atoms with van der Waals surface area (Å²) in [5, 5.41) is 6.95. The normalized spacial score (nSPS) is 20.0. The third kappa shape index (κ3) is 12.5. The fourth-order valence-corrected chi connectivity index (χ4v) is 15.3. The lowest BCUT2D eigenvalue weighted by Gasteiger charge is -2.40. The van der Waals surface area contributed by atoms with E-state index < -0.39 is 21.8 Å². The number of aromatic nitrogens is 2. The number of hydrogen-bond acceptors (Lipinski definition) is 12. The Morgan fingerprint density at radius 2 is 1.43 bits per heavy atom. The minimum Gasteiger partial charge on any atom is -0.349 e. The van der Waals surface area contributed by atoms with E-state index in [2.05, 4.69) is 63.3 Å². The Morgan fingerprint density at radius 3 is 2.13 bits per heavy atom. The lowest BCUT2D eigenvalue weighted by atomic mass is 9.96. The van der Waals surface area contributed by atoms with Crippen molar-refractivity contribution >= 4 is 83.6 Å². The van der Waals surface area contributed by atoms with Gasteiger partial charge in [-0.3, -0.25) is 43.8 Å². The molecule has 0 saturated carbocycles. The number of piperidine rings is 2. The SMILES string of the molecule is CCCn1cc(-c2ccc3c(c2)c(C)cn3CC2CCN(C(=O)CCC(=O)N3CCN(C(=O)N4CCN(CCC#Cc5cccc6c5CN(C5CCC(=O)NC5=O)C6=O)CC4)CC3)CC2)c2sc(C(=O)NC3CCS(=O)(=O)CC3)cc2c1=O. The Balaban J connectivity index is 0.605. The van der Waals surface area contributed by atoms with Gasteiger partial charge < -0.3 is 39.0 Å². The summed E-state index contributed by atoms with van der Waals surface area (Å²) in [6.07, 6.45) is 8.69. The van der Waals surface area contributed by atoms with Crippen LogP contribution in [0.25, 0.3) is 32.1 Å². The lowest BCUT2D eigenvalue weighted by Crippen LogP contribution is -2.57. The molecule has 6 aliphatic heterocycles. The average Bonchev–Trinajstić information content (AvgIpc) is 3.91. The monoisotopic (exact) mass is 1170 g/mol. The van der Waals surface area contributed by atoms with Crippen LogP contribution in [0.1, 0.15) is 108 Å². The summed E-state index contributed by atoms with van der Waals surface area (Å²) in [5.41, 5.74) is 5.99. The van der Waals surface area contributed by atoms with E-state index in [4.69, 9.17) is 0 Å². The maximum absolute atomic E-state index is 13.7. The zero-order valence-corrected chi connectivity index (χ0v) is 48.9. The van der Waals surface area contributed by atoms with Crippen molar-refractivity contribution in [2.45, 2.75) is 110 Å². The van der Waals surface area contributed by atoms with Gasteiger partial charge in [0.05, 0.1) is 21.8 Å². The fourth-order valence-electron chi connectivity index (χ4n) is 12.7. The van der Waals surface area contributed by atoms with Crippen LogP contribution in [0, 0.1) is 24.7 Å². The van der Waals surface area contributed by atoms with Crippen molar-refractivity contribution in [3.05, 3.63) is 92.3 Å². The predicted octanol–water partition coefficient (Wildman–Crippen LogP) is 4.81. The second-order valence-corrected chi connectivity index (χ2v) is 26.4. The van der Waals surface area contributed by atoms with Crippen molar-refractivity contribution in [2.24, 2.45) is 5.92 Å². The highest BCUT2D eigenvalue weighted by Gasteiger charge is 2.40. The molecule has 9 heterocycles. The molecular weight excluding hydrogens is 1100 g/mol. The number of nitrogens with one attached hydrogen (secondary N) is 2. The molecule has 0 bridgehead atoms. The number of imide groups is 1. The molecule has 6 aliphatic rings. The first-order valence-electron chi connectivity index (χ1n) is 29.4. The predicted molar refractivity (Wildman–Crippen MR) is 315 cm³/mol. The Labute approximate surface area is 487 Å². The molecule has 0 aliphatic carbocycles. The van der Waals surface area contributed by atoms with Crippen molar-refractivity contribution < 1.29 is 42.0 Å². The number of piperazine rings is 2. The summed E-state index contributed by atoms with van der Waals surface area (Å²) in [6, 6.07) is 12.6. The van der Waals surface area contributed by atoms with Gasteiger partial charge in [0, 0.05) is 168 Å². The largest absolute Gasteiger partial charge is 0.349 e. The quantitative estimate of drug-likeness (QED) is 0.120. The first kappa shape index (κ1) is 57.5. The number of rotatable bonds is 13. The molecule has 1 unspecified atom stereocenters. The summed E-state index contributed by atoms with van der Waals surface area (Å²) in [7, 11) is -3.08. The van der Waals surface area contributed by atoms with Gasteiger partial charge in [-0.05, 0) is 98.4 Å². The number of pyridine rings is 1.